The number of guanidine groups is 1. The third-order valence-electron chi connectivity index (χ3n) is 5.71. The first-order valence-electron chi connectivity index (χ1n) is 10.3. The molecule has 0 saturated carbocycles. The lowest BCUT2D eigenvalue weighted by Crippen LogP contribution is -2.47. The van der Waals surface area contributed by atoms with Crippen molar-refractivity contribution >= 4 is 35.6 Å². The number of nitrogens with two attached hydrogens (primary N) is 1. The zero-order valence-corrected chi connectivity index (χ0v) is 19.2. The van der Waals surface area contributed by atoms with Gasteiger partial charge < -0.3 is 20.9 Å². The number of aliphatic imine (C=N–C) groups is 1. The number of likely N-dealkylation sites (N-methyl/N-ethyl adjacent to an activating group) is 1. The van der Waals surface area contributed by atoms with E-state index in [1.807, 2.05) is 0 Å². The number of nitrogens with zero attached hydrogens (tertiary/aromatic N) is 3. The largest absolute Gasteiger partial charge is 0.370 e. The van der Waals surface area contributed by atoms with Gasteiger partial charge >= 0.3 is 0 Å². The average molecular weight is 485 g/mol. The van der Waals surface area contributed by atoms with E-state index >= 15 is 0 Å². The summed E-state index contributed by atoms with van der Waals surface area (Å²) in [5, 5.41) is 3.35. The van der Waals surface area contributed by atoms with Crippen molar-refractivity contribution in [3.63, 3.8) is 0 Å². The second kappa shape index (κ2) is 11.2. The van der Waals surface area contributed by atoms with Gasteiger partial charge in [0, 0.05) is 45.0 Å². The first-order chi connectivity index (χ1) is 12.7. The summed E-state index contributed by atoms with van der Waals surface area (Å²) in [5.74, 6) is 1.07. The Morgan fingerprint density at radius 2 is 1.85 bits per heavy atom. The van der Waals surface area contributed by atoms with Crippen LogP contribution in [0.4, 0.5) is 5.69 Å². The Bertz CT molecular complexity index is 611. The lowest BCUT2D eigenvalue weighted by molar-refractivity contribution is 0.125. The Morgan fingerprint density at radius 1 is 1.15 bits per heavy atom. The van der Waals surface area contributed by atoms with Gasteiger partial charge in [0.15, 0.2) is 5.96 Å². The average Bonchev–Trinajstić information content (AvgIpc) is 2.67. The number of fused-ring (bicyclic) bond motifs is 1. The zero-order valence-electron chi connectivity index (χ0n) is 16.9. The van der Waals surface area contributed by atoms with Gasteiger partial charge in [0.1, 0.15) is 0 Å². The highest BCUT2D eigenvalue weighted by molar-refractivity contribution is 14.0. The Hall–Kier alpha value is -0.860. The van der Waals surface area contributed by atoms with Crippen molar-refractivity contribution in [1.82, 2.24) is 9.80 Å². The molecule has 0 spiro atoms. The normalized spacial score (nSPS) is 19.9. The molecule has 1 saturated heterocycles. The van der Waals surface area contributed by atoms with E-state index in [0.29, 0.717) is 11.9 Å². The van der Waals surface area contributed by atoms with Crippen molar-refractivity contribution in [2.45, 2.75) is 39.5 Å². The van der Waals surface area contributed by atoms with Crippen molar-refractivity contribution in [2.75, 3.05) is 51.1 Å². The maximum absolute atomic E-state index is 6.18. The van der Waals surface area contributed by atoms with E-state index in [0.717, 1.165) is 25.2 Å². The Kier molecular flexibility index (Phi) is 9.32. The second-order valence-corrected chi connectivity index (χ2v) is 7.84. The molecule has 1 unspecified atom stereocenters. The highest BCUT2D eigenvalue weighted by atomic mass is 127. The number of benzene rings is 1. The van der Waals surface area contributed by atoms with E-state index in [4.69, 9.17) is 5.73 Å². The first kappa shape index (κ1) is 22.4. The zero-order chi connectivity index (χ0) is 18.4. The van der Waals surface area contributed by atoms with Crippen LogP contribution < -0.4 is 11.1 Å². The maximum atomic E-state index is 6.18. The monoisotopic (exact) mass is 485 g/mol. The van der Waals surface area contributed by atoms with Gasteiger partial charge in [-0.3, -0.25) is 4.99 Å². The van der Waals surface area contributed by atoms with Gasteiger partial charge in [-0.25, -0.2) is 0 Å². The molecular formula is C21H36IN5. The number of aryl methyl sites for hydroxylation is 1. The molecule has 1 aliphatic carbocycles. The van der Waals surface area contributed by atoms with Crippen molar-refractivity contribution in [3.8, 4) is 0 Å². The minimum atomic E-state index is 0. The molecule has 1 heterocycles. The van der Waals surface area contributed by atoms with E-state index in [2.05, 4.69) is 52.2 Å². The number of halogens is 1. The molecule has 3 rings (SSSR count). The third-order valence-corrected chi connectivity index (χ3v) is 5.71. The predicted molar refractivity (Wildman–Crippen MR) is 126 cm³/mol. The molecule has 1 aliphatic heterocycles. The van der Waals surface area contributed by atoms with Crippen LogP contribution in [0.1, 0.15) is 37.8 Å². The van der Waals surface area contributed by atoms with Gasteiger partial charge in [0.05, 0.1) is 0 Å². The number of rotatable bonds is 6. The third kappa shape index (κ3) is 6.61. The number of hydrogen-bond donors (Lipinski definition) is 2. The molecule has 6 heteroatoms. The Labute approximate surface area is 181 Å². The molecule has 152 valence electrons. The number of hydrogen-bond acceptors (Lipinski definition) is 3. The molecule has 3 N–H and O–H groups in total. The van der Waals surface area contributed by atoms with Crippen LogP contribution in [0.3, 0.4) is 0 Å². The summed E-state index contributed by atoms with van der Waals surface area (Å²) in [6, 6.07) is 6.49. The summed E-state index contributed by atoms with van der Waals surface area (Å²) in [4.78, 5) is 9.69. The fraction of sp³-hybridized carbons (Fsp3) is 0.667. The predicted octanol–water partition coefficient (Wildman–Crippen LogP) is 3.18. The smallest absolute Gasteiger partial charge is 0.193 e. The summed E-state index contributed by atoms with van der Waals surface area (Å²) >= 11 is 0. The summed E-state index contributed by atoms with van der Waals surface area (Å²) in [6.07, 6.45) is 4.89. The fourth-order valence-electron chi connectivity index (χ4n) is 4.12. The lowest BCUT2D eigenvalue weighted by atomic mass is 9.90. The van der Waals surface area contributed by atoms with Crippen molar-refractivity contribution < 1.29 is 0 Å². The maximum Gasteiger partial charge on any atom is 0.193 e. The van der Waals surface area contributed by atoms with Crippen LogP contribution in [0.15, 0.2) is 23.2 Å². The van der Waals surface area contributed by atoms with Gasteiger partial charge in [0.25, 0.3) is 0 Å². The topological polar surface area (TPSA) is 56.9 Å². The standard InChI is InChI=1S/C21H35N5.HI/c1-3-25-11-13-26(14-12-25)16-17(2)15-23-21(22)24-20-10-6-8-18-7-4-5-9-19(18)20;/h6,8,10,17H,3-5,7,9,11-16H2,1-2H3,(H3,22,23,24);1H. The van der Waals surface area contributed by atoms with Crippen LogP contribution in [0.25, 0.3) is 0 Å². The molecule has 1 aromatic rings. The number of anilines is 1. The highest BCUT2D eigenvalue weighted by Crippen LogP contribution is 2.27. The first-order valence-corrected chi connectivity index (χ1v) is 10.3. The lowest BCUT2D eigenvalue weighted by Gasteiger charge is -2.35. The van der Waals surface area contributed by atoms with Crippen molar-refractivity contribution in [3.05, 3.63) is 29.3 Å². The van der Waals surface area contributed by atoms with E-state index in [9.17, 15) is 0 Å². The van der Waals surface area contributed by atoms with E-state index in [1.165, 1.54) is 63.1 Å². The van der Waals surface area contributed by atoms with Crippen molar-refractivity contribution in [1.29, 1.82) is 0 Å². The minimum Gasteiger partial charge on any atom is -0.370 e. The van der Waals surface area contributed by atoms with Crippen LogP contribution in [0.2, 0.25) is 0 Å². The van der Waals surface area contributed by atoms with Gasteiger partial charge in [-0.15, -0.1) is 24.0 Å². The van der Waals surface area contributed by atoms with E-state index < -0.39 is 0 Å². The van der Waals surface area contributed by atoms with E-state index in [1.54, 1.807) is 0 Å². The molecule has 1 atom stereocenters. The molecule has 27 heavy (non-hydrogen) atoms. The molecule has 0 bridgehead atoms. The Morgan fingerprint density at radius 3 is 2.59 bits per heavy atom. The summed E-state index contributed by atoms with van der Waals surface area (Å²) < 4.78 is 0. The van der Waals surface area contributed by atoms with Gasteiger partial charge in [-0.2, -0.15) is 0 Å². The van der Waals surface area contributed by atoms with Gasteiger partial charge in [-0.1, -0.05) is 26.0 Å². The SMILES string of the molecule is CCN1CCN(CC(C)CN=C(N)Nc2cccc3c2CCCC3)CC1.I. The summed E-state index contributed by atoms with van der Waals surface area (Å²) in [7, 11) is 0. The Balaban J connectivity index is 0.00000261. The van der Waals surface area contributed by atoms with Crippen LogP contribution >= 0.6 is 24.0 Å². The minimum absolute atomic E-state index is 0. The summed E-state index contributed by atoms with van der Waals surface area (Å²) in [5.41, 5.74) is 10.2. The van der Waals surface area contributed by atoms with Gasteiger partial charge in [-0.05, 0) is 55.3 Å². The van der Waals surface area contributed by atoms with Crippen LogP contribution in [0, 0.1) is 5.92 Å². The second-order valence-electron chi connectivity index (χ2n) is 7.84. The summed E-state index contributed by atoms with van der Waals surface area (Å²) in [6.45, 7) is 12.3. The van der Waals surface area contributed by atoms with Crippen molar-refractivity contribution in [2.24, 2.45) is 16.6 Å². The molecule has 0 radical (unpaired) electrons. The molecule has 0 aromatic heterocycles. The van der Waals surface area contributed by atoms with Crippen LogP contribution in [-0.4, -0.2) is 61.6 Å². The van der Waals surface area contributed by atoms with E-state index in [-0.39, 0.29) is 24.0 Å². The molecular weight excluding hydrogens is 449 g/mol. The molecule has 0 amide bonds. The molecule has 2 aliphatic rings. The quantitative estimate of drug-likeness (QED) is 0.369. The number of nitrogens with one attached hydrogen (secondary N) is 1. The van der Waals surface area contributed by atoms with Gasteiger partial charge in [0.2, 0.25) is 0 Å². The fourth-order valence-corrected chi connectivity index (χ4v) is 4.12. The van der Waals surface area contributed by atoms with Crippen LogP contribution in [-0.2, 0) is 12.8 Å². The molecule has 5 nitrogen and oxygen atoms in total. The van der Waals surface area contributed by atoms with Crippen LogP contribution in [0.5, 0.6) is 0 Å². The molecule has 1 fully saturated rings. The highest BCUT2D eigenvalue weighted by Gasteiger charge is 2.17. The molecule has 1 aromatic carbocycles. The number of piperazine rings is 1.